The normalized spacial score (nSPS) is 13.4. The van der Waals surface area contributed by atoms with Crippen molar-refractivity contribution in [1.82, 2.24) is 0 Å². The smallest absolute Gasteiger partial charge is 0.143 e. The molecular weight excluding hydrogens is 464 g/mol. The Balaban J connectivity index is 3.69. The summed E-state index contributed by atoms with van der Waals surface area (Å²) in [5.74, 6) is -0.258. The average molecular weight is 523 g/mol. The molecular formula is C36H58O2. The zero-order valence-corrected chi connectivity index (χ0v) is 24.8. The monoisotopic (exact) mass is 522 g/mol. The van der Waals surface area contributed by atoms with Crippen molar-refractivity contribution >= 4 is 12.1 Å². The standard InChI is InChI=1S/C36H58O2/c1-3-5-7-9-11-13-15-17-19-21-23-25-27-29-31-33-36(38)35(34-37)32-30-28-26-24-22-20-18-16-14-12-10-8-6-4-2/h6,8,11-14,17-20,23,25,34-35H,3-5,7,9-10,15-16,21-22,24,26-33H2,1-2H3. The summed E-state index contributed by atoms with van der Waals surface area (Å²) in [4.78, 5) is 23.8. The number of allylic oxidation sites excluding steroid dienone is 12. The van der Waals surface area contributed by atoms with Crippen LogP contribution in [0.5, 0.6) is 0 Å². The van der Waals surface area contributed by atoms with Crippen LogP contribution in [0.1, 0.15) is 136 Å². The van der Waals surface area contributed by atoms with Gasteiger partial charge in [0.25, 0.3) is 0 Å². The van der Waals surface area contributed by atoms with Gasteiger partial charge in [-0.1, -0.05) is 119 Å². The number of hydrogen-bond acceptors (Lipinski definition) is 2. The maximum absolute atomic E-state index is 12.4. The largest absolute Gasteiger partial charge is 0.303 e. The molecule has 0 saturated carbocycles. The molecule has 1 atom stereocenters. The molecule has 0 spiro atoms. The minimum absolute atomic E-state index is 0.135. The van der Waals surface area contributed by atoms with E-state index < -0.39 is 5.92 Å². The van der Waals surface area contributed by atoms with E-state index in [1.165, 1.54) is 38.5 Å². The van der Waals surface area contributed by atoms with Gasteiger partial charge in [0.2, 0.25) is 0 Å². The molecule has 0 fully saturated rings. The fourth-order valence-electron chi connectivity index (χ4n) is 4.15. The Bertz CT molecular complexity index is 705. The first-order valence-corrected chi connectivity index (χ1v) is 15.6. The highest BCUT2D eigenvalue weighted by Crippen LogP contribution is 2.15. The van der Waals surface area contributed by atoms with E-state index in [9.17, 15) is 9.59 Å². The maximum Gasteiger partial charge on any atom is 0.143 e. The van der Waals surface area contributed by atoms with Crippen LogP contribution in [0.3, 0.4) is 0 Å². The van der Waals surface area contributed by atoms with E-state index in [2.05, 4.69) is 86.8 Å². The number of aldehydes is 1. The van der Waals surface area contributed by atoms with E-state index in [4.69, 9.17) is 0 Å². The molecule has 214 valence electrons. The van der Waals surface area contributed by atoms with E-state index in [-0.39, 0.29) is 5.78 Å². The molecule has 0 N–H and O–H groups in total. The summed E-state index contributed by atoms with van der Waals surface area (Å²) >= 11 is 0. The summed E-state index contributed by atoms with van der Waals surface area (Å²) < 4.78 is 0. The zero-order chi connectivity index (χ0) is 27.8. The van der Waals surface area contributed by atoms with Crippen molar-refractivity contribution in [2.75, 3.05) is 0 Å². The number of ketones is 1. The first kappa shape index (κ1) is 35.8. The topological polar surface area (TPSA) is 34.1 Å². The second-order valence-corrected chi connectivity index (χ2v) is 10.1. The van der Waals surface area contributed by atoms with E-state index in [0.29, 0.717) is 6.42 Å². The van der Waals surface area contributed by atoms with Crippen LogP contribution in [0, 0.1) is 5.92 Å². The first-order chi connectivity index (χ1) is 18.8. The van der Waals surface area contributed by atoms with Gasteiger partial charge >= 0.3 is 0 Å². The fraction of sp³-hybridized carbons (Fsp3) is 0.611. The summed E-state index contributed by atoms with van der Waals surface area (Å²) in [5.41, 5.74) is 0. The van der Waals surface area contributed by atoms with E-state index in [0.717, 1.165) is 83.3 Å². The number of Topliss-reactive ketones (excluding diaryl/α,β-unsaturated/α-hetero) is 1. The summed E-state index contributed by atoms with van der Waals surface area (Å²) in [6, 6.07) is 0. The van der Waals surface area contributed by atoms with Crippen LogP contribution in [0.2, 0.25) is 0 Å². The van der Waals surface area contributed by atoms with Gasteiger partial charge in [-0.15, -0.1) is 0 Å². The van der Waals surface area contributed by atoms with Crippen LogP contribution in [-0.4, -0.2) is 12.1 Å². The van der Waals surface area contributed by atoms with Gasteiger partial charge < -0.3 is 4.79 Å². The molecule has 2 nitrogen and oxygen atoms in total. The Hall–Kier alpha value is -2.22. The van der Waals surface area contributed by atoms with Crippen LogP contribution in [0.4, 0.5) is 0 Å². The van der Waals surface area contributed by atoms with E-state index >= 15 is 0 Å². The summed E-state index contributed by atoms with van der Waals surface area (Å²) in [5, 5.41) is 0. The zero-order valence-electron chi connectivity index (χ0n) is 24.8. The number of carbonyl (C=O) groups excluding carboxylic acids is 2. The third kappa shape index (κ3) is 26.8. The number of rotatable bonds is 27. The SMILES string of the molecule is CCC=CCC=CCC=CCCCCCCC(C=O)C(=O)CCCCC=CCC=CCC=CCCCCC. The second-order valence-electron chi connectivity index (χ2n) is 10.1. The predicted octanol–water partition coefficient (Wildman–Crippen LogP) is 11.2. The molecule has 0 bridgehead atoms. The van der Waals surface area contributed by atoms with Crippen molar-refractivity contribution in [3.05, 3.63) is 72.9 Å². The lowest BCUT2D eigenvalue weighted by molar-refractivity contribution is -0.127. The second kappa shape index (κ2) is 31.0. The number of carbonyl (C=O) groups is 2. The molecule has 0 radical (unpaired) electrons. The third-order valence-electron chi connectivity index (χ3n) is 6.56. The van der Waals surface area contributed by atoms with Crippen LogP contribution in [-0.2, 0) is 9.59 Å². The van der Waals surface area contributed by atoms with Crippen molar-refractivity contribution in [3.63, 3.8) is 0 Å². The van der Waals surface area contributed by atoms with Crippen molar-refractivity contribution in [2.45, 2.75) is 136 Å². The van der Waals surface area contributed by atoms with Crippen molar-refractivity contribution in [1.29, 1.82) is 0 Å². The quantitative estimate of drug-likeness (QED) is 0.0465. The first-order valence-electron chi connectivity index (χ1n) is 15.6. The maximum atomic E-state index is 12.4. The molecule has 1 unspecified atom stereocenters. The summed E-state index contributed by atoms with van der Waals surface area (Å²) in [6.45, 7) is 4.39. The Morgan fingerprint density at radius 2 is 0.974 bits per heavy atom. The van der Waals surface area contributed by atoms with Gasteiger partial charge in [0.1, 0.15) is 12.1 Å². The predicted molar refractivity (Wildman–Crippen MR) is 168 cm³/mol. The lowest BCUT2D eigenvalue weighted by atomic mass is 9.94. The Kier molecular flexibility index (Phi) is 29.2. The Morgan fingerprint density at radius 3 is 1.47 bits per heavy atom. The van der Waals surface area contributed by atoms with Crippen molar-refractivity contribution < 1.29 is 9.59 Å². The Labute approximate surface area is 236 Å². The minimum atomic E-state index is -0.393. The van der Waals surface area contributed by atoms with Crippen molar-refractivity contribution in [3.8, 4) is 0 Å². The van der Waals surface area contributed by atoms with Crippen LogP contribution < -0.4 is 0 Å². The van der Waals surface area contributed by atoms with Gasteiger partial charge in [-0.05, 0) is 83.5 Å². The third-order valence-corrected chi connectivity index (χ3v) is 6.56. The molecule has 0 aromatic carbocycles. The van der Waals surface area contributed by atoms with Gasteiger partial charge in [0.15, 0.2) is 0 Å². The van der Waals surface area contributed by atoms with Gasteiger partial charge in [0, 0.05) is 6.42 Å². The molecule has 0 amide bonds. The molecule has 0 aliphatic rings. The molecule has 0 saturated heterocycles. The molecule has 0 aromatic rings. The van der Waals surface area contributed by atoms with E-state index in [1.807, 2.05) is 0 Å². The average Bonchev–Trinajstić information content (AvgIpc) is 2.93. The van der Waals surface area contributed by atoms with Crippen LogP contribution in [0.25, 0.3) is 0 Å². The molecule has 0 aromatic heterocycles. The van der Waals surface area contributed by atoms with Gasteiger partial charge in [0.05, 0.1) is 5.92 Å². The summed E-state index contributed by atoms with van der Waals surface area (Å²) in [6.07, 6.45) is 47.6. The lowest BCUT2D eigenvalue weighted by Crippen LogP contribution is -2.15. The van der Waals surface area contributed by atoms with Gasteiger partial charge in [-0.25, -0.2) is 0 Å². The van der Waals surface area contributed by atoms with Gasteiger partial charge in [-0.3, -0.25) is 4.79 Å². The van der Waals surface area contributed by atoms with Crippen LogP contribution >= 0.6 is 0 Å². The molecule has 0 aliphatic carbocycles. The lowest BCUT2D eigenvalue weighted by Gasteiger charge is -2.09. The summed E-state index contributed by atoms with van der Waals surface area (Å²) in [7, 11) is 0. The highest BCUT2D eigenvalue weighted by Gasteiger charge is 2.16. The molecule has 0 heterocycles. The Morgan fingerprint density at radius 1 is 0.526 bits per heavy atom. The minimum Gasteiger partial charge on any atom is -0.303 e. The number of hydrogen-bond donors (Lipinski definition) is 0. The highest BCUT2D eigenvalue weighted by molar-refractivity contribution is 5.93. The fourth-order valence-corrected chi connectivity index (χ4v) is 4.15. The highest BCUT2D eigenvalue weighted by atomic mass is 16.1. The molecule has 0 aliphatic heterocycles. The van der Waals surface area contributed by atoms with Gasteiger partial charge in [-0.2, -0.15) is 0 Å². The number of unbranched alkanes of at least 4 members (excludes halogenated alkanes) is 9. The van der Waals surface area contributed by atoms with E-state index in [1.54, 1.807) is 0 Å². The van der Waals surface area contributed by atoms with Crippen molar-refractivity contribution in [2.24, 2.45) is 5.92 Å². The van der Waals surface area contributed by atoms with Crippen LogP contribution in [0.15, 0.2) is 72.9 Å². The molecule has 0 rings (SSSR count). The molecule has 2 heteroatoms. The molecule has 38 heavy (non-hydrogen) atoms.